The second-order valence-electron chi connectivity index (χ2n) is 12.9. The number of aromatic nitrogens is 2. The Kier molecular flexibility index (Phi) is 9.74. The molecule has 0 saturated heterocycles. The molecule has 0 spiro atoms. The van der Waals surface area contributed by atoms with E-state index < -0.39 is 23.9 Å². The van der Waals surface area contributed by atoms with Crippen molar-refractivity contribution in [2.45, 2.75) is 51.7 Å². The van der Waals surface area contributed by atoms with Gasteiger partial charge in [-0.2, -0.15) is 0 Å². The highest BCUT2D eigenvalue weighted by Gasteiger charge is 2.27. The molecule has 2 aliphatic heterocycles. The van der Waals surface area contributed by atoms with Crippen molar-refractivity contribution in [1.29, 1.82) is 0 Å². The van der Waals surface area contributed by atoms with Gasteiger partial charge in [-0.3, -0.25) is 0 Å². The minimum Gasteiger partial charge on any atom is -0.494 e. The molecule has 2 atom stereocenters. The quantitative estimate of drug-likeness (QED) is 0.104. The van der Waals surface area contributed by atoms with Gasteiger partial charge in [0.15, 0.2) is 11.6 Å². The zero-order chi connectivity index (χ0) is 37.3. The van der Waals surface area contributed by atoms with Crippen molar-refractivity contribution >= 4 is 34.6 Å². The largest absolute Gasteiger partial charge is 0.494 e. The standard InChI is InChI=1S/C41H33FN2O8S2/c1-22-7-4-5-8-27(22)30-14-12-25-19-33(23(2)17-34(25)50-30)51-41-44-21-36(54-41)39(46)52-38(45)35-20-43-40(53-35)48-26-13-16-29-24(18-26)11-15-31(49-29)28-9-6-10-32(47-3)37(28)42/h4-10,13,16-21,30-31H,11-12,14-15H2,1-3H3. The van der Waals surface area contributed by atoms with Crippen LogP contribution in [0, 0.1) is 19.7 Å². The number of hydrogen-bond donors (Lipinski definition) is 0. The highest BCUT2D eigenvalue weighted by Crippen LogP contribution is 2.42. The average Bonchev–Trinajstić information content (AvgIpc) is 3.85. The lowest BCUT2D eigenvalue weighted by atomic mass is 9.94. The van der Waals surface area contributed by atoms with Crippen LogP contribution in [0.2, 0.25) is 0 Å². The third-order valence-corrected chi connectivity index (χ3v) is 11.0. The molecule has 0 amide bonds. The molecule has 10 nitrogen and oxygen atoms in total. The van der Waals surface area contributed by atoms with Crippen LogP contribution in [-0.4, -0.2) is 29.0 Å². The van der Waals surface area contributed by atoms with Crippen LogP contribution in [0.3, 0.4) is 0 Å². The Morgan fingerprint density at radius 1 is 0.722 bits per heavy atom. The van der Waals surface area contributed by atoms with Gasteiger partial charge in [0.1, 0.15) is 45.0 Å². The molecule has 4 aromatic carbocycles. The zero-order valence-electron chi connectivity index (χ0n) is 29.4. The Balaban J connectivity index is 0.862. The molecule has 8 rings (SSSR count). The van der Waals surface area contributed by atoms with E-state index in [1.807, 2.05) is 37.3 Å². The van der Waals surface area contributed by atoms with Crippen LogP contribution in [-0.2, 0) is 17.6 Å². The van der Waals surface area contributed by atoms with E-state index >= 15 is 0 Å². The van der Waals surface area contributed by atoms with Crippen molar-refractivity contribution in [1.82, 2.24) is 9.97 Å². The molecule has 54 heavy (non-hydrogen) atoms. The van der Waals surface area contributed by atoms with Gasteiger partial charge in [0.2, 0.25) is 0 Å². The van der Waals surface area contributed by atoms with Gasteiger partial charge in [-0.05, 0) is 104 Å². The Morgan fingerprint density at radius 3 is 2.09 bits per heavy atom. The van der Waals surface area contributed by atoms with Crippen LogP contribution in [0.15, 0.2) is 85.2 Å². The van der Waals surface area contributed by atoms with Crippen LogP contribution in [0.25, 0.3) is 0 Å². The van der Waals surface area contributed by atoms with E-state index in [0.717, 1.165) is 58.0 Å². The van der Waals surface area contributed by atoms with Crippen molar-refractivity contribution in [3.8, 4) is 39.1 Å². The number of carbonyl (C=O) groups is 2. The number of rotatable bonds is 9. The Labute approximate surface area is 318 Å². The molecule has 2 unspecified atom stereocenters. The summed E-state index contributed by atoms with van der Waals surface area (Å²) in [6, 6.07) is 22.5. The predicted molar refractivity (Wildman–Crippen MR) is 199 cm³/mol. The number of hydrogen-bond acceptors (Lipinski definition) is 12. The number of esters is 2. The fourth-order valence-electron chi connectivity index (χ4n) is 6.55. The molecule has 0 N–H and O–H groups in total. The van der Waals surface area contributed by atoms with Crippen LogP contribution in [0.4, 0.5) is 4.39 Å². The summed E-state index contributed by atoms with van der Waals surface area (Å²) in [6.45, 7) is 4.02. The van der Waals surface area contributed by atoms with Gasteiger partial charge in [-0.25, -0.2) is 23.9 Å². The lowest BCUT2D eigenvalue weighted by molar-refractivity contribution is 0.0404. The van der Waals surface area contributed by atoms with Crippen LogP contribution in [0.5, 0.6) is 39.1 Å². The molecule has 0 bridgehead atoms. The number of aryl methyl sites for hydroxylation is 4. The topological polar surface area (TPSA) is 115 Å². The summed E-state index contributed by atoms with van der Waals surface area (Å²) < 4.78 is 49.6. The lowest BCUT2D eigenvalue weighted by Gasteiger charge is -2.28. The molecule has 6 aromatic rings. The third-order valence-electron chi connectivity index (χ3n) is 9.33. The Morgan fingerprint density at radius 2 is 1.37 bits per heavy atom. The van der Waals surface area contributed by atoms with Crippen molar-refractivity contribution in [2.24, 2.45) is 0 Å². The molecule has 0 fully saturated rings. The summed E-state index contributed by atoms with van der Waals surface area (Å²) in [6.07, 6.45) is 5.00. The van der Waals surface area contributed by atoms with E-state index in [0.29, 0.717) is 35.7 Å². The van der Waals surface area contributed by atoms with E-state index in [2.05, 4.69) is 29.0 Å². The number of carbonyl (C=O) groups excluding carboxylic acids is 2. The molecule has 13 heteroatoms. The van der Waals surface area contributed by atoms with Gasteiger partial charge in [-0.1, -0.05) is 59.1 Å². The van der Waals surface area contributed by atoms with E-state index in [9.17, 15) is 14.0 Å². The van der Waals surface area contributed by atoms with Gasteiger partial charge >= 0.3 is 11.9 Å². The molecule has 0 aliphatic carbocycles. The lowest BCUT2D eigenvalue weighted by Crippen LogP contribution is -2.16. The van der Waals surface area contributed by atoms with Gasteiger partial charge in [0, 0.05) is 5.56 Å². The van der Waals surface area contributed by atoms with Crippen molar-refractivity contribution in [2.75, 3.05) is 7.11 Å². The van der Waals surface area contributed by atoms with Gasteiger partial charge < -0.3 is 28.4 Å². The highest BCUT2D eigenvalue weighted by atomic mass is 32.1. The summed E-state index contributed by atoms with van der Waals surface area (Å²) in [5.74, 6) is 0.555. The minimum atomic E-state index is -0.868. The minimum absolute atomic E-state index is 0.00979. The number of halogens is 1. The number of thiazole rings is 2. The second kappa shape index (κ2) is 14.9. The van der Waals surface area contributed by atoms with E-state index in [-0.39, 0.29) is 32.0 Å². The van der Waals surface area contributed by atoms with Crippen molar-refractivity contribution in [3.05, 3.63) is 134 Å². The first kappa shape index (κ1) is 35.3. The number of nitrogens with zero attached hydrogens (tertiary/aromatic N) is 2. The molecule has 274 valence electrons. The van der Waals surface area contributed by atoms with Crippen LogP contribution < -0.4 is 23.7 Å². The first-order valence-corrected chi connectivity index (χ1v) is 18.9. The second-order valence-corrected chi connectivity index (χ2v) is 14.9. The van der Waals surface area contributed by atoms with Gasteiger partial charge in [0.05, 0.1) is 19.5 Å². The van der Waals surface area contributed by atoms with Gasteiger partial charge in [-0.15, -0.1) is 0 Å². The molecule has 0 radical (unpaired) electrons. The smallest absolute Gasteiger partial charge is 0.358 e. The SMILES string of the molecule is COc1cccc(C2CCc3cc(Oc4ncc(C(=O)OC(=O)c5cnc(Oc6cc7c(cc6C)OC(c6ccccc6C)CC7)s5)s4)ccc3O2)c1F. The molecule has 2 aliphatic rings. The maximum absolute atomic E-state index is 14.8. The Bertz CT molecular complexity index is 2390. The monoisotopic (exact) mass is 764 g/mol. The van der Waals surface area contributed by atoms with E-state index in [4.69, 9.17) is 28.4 Å². The molecule has 4 heterocycles. The average molecular weight is 765 g/mol. The fraction of sp³-hybridized carbons (Fsp3) is 0.220. The summed E-state index contributed by atoms with van der Waals surface area (Å²) in [7, 11) is 1.43. The fourth-order valence-corrected chi connectivity index (χ4v) is 7.86. The van der Waals surface area contributed by atoms with Crippen molar-refractivity contribution in [3.63, 3.8) is 0 Å². The predicted octanol–water partition coefficient (Wildman–Crippen LogP) is 10.1. The third kappa shape index (κ3) is 7.24. The number of benzene rings is 4. The van der Waals surface area contributed by atoms with Crippen LogP contribution in [0.1, 0.15) is 77.8 Å². The maximum Gasteiger partial charge on any atom is 0.358 e. The summed E-state index contributed by atoms with van der Waals surface area (Å²) >= 11 is 1.92. The maximum atomic E-state index is 14.8. The summed E-state index contributed by atoms with van der Waals surface area (Å²) in [5, 5.41) is 0.422. The molecular weight excluding hydrogens is 732 g/mol. The highest BCUT2D eigenvalue weighted by molar-refractivity contribution is 7.16. The van der Waals surface area contributed by atoms with E-state index in [1.165, 1.54) is 30.6 Å². The molecule has 0 saturated carbocycles. The first-order chi connectivity index (χ1) is 26.2. The number of methoxy groups -OCH3 is 1. The van der Waals surface area contributed by atoms with Crippen molar-refractivity contribution < 1.29 is 42.4 Å². The normalized spacial score (nSPS) is 15.9. The zero-order valence-corrected chi connectivity index (χ0v) is 31.1. The number of ether oxygens (including phenoxy) is 6. The van der Waals surface area contributed by atoms with Gasteiger partial charge in [0.25, 0.3) is 10.4 Å². The Hall–Kier alpha value is -5.79. The van der Waals surface area contributed by atoms with E-state index in [1.54, 1.807) is 30.3 Å². The molecule has 2 aromatic heterocycles. The first-order valence-electron chi connectivity index (χ1n) is 17.2. The summed E-state index contributed by atoms with van der Waals surface area (Å²) in [5.41, 5.74) is 5.61. The molecular formula is C41H33FN2O8S2. The summed E-state index contributed by atoms with van der Waals surface area (Å²) in [4.78, 5) is 34.4. The number of fused-ring (bicyclic) bond motifs is 2. The van der Waals surface area contributed by atoms with Crippen LogP contribution >= 0.6 is 22.7 Å².